The second kappa shape index (κ2) is 10.7. The van der Waals surface area contributed by atoms with Crippen LogP contribution in [0.5, 0.6) is 0 Å². The van der Waals surface area contributed by atoms with Crippen LogP contribution in [0.3, 0.4) is 0 Å². The first-order valence-electron chi connectivity index (χ1n) is 17.9. The summed E-state index contributed by atoms with van der Waals surface area (Å²) in [5.74, 6) is 0. The minimum Gasteiger partial charge on any atom is -0.456 e. The van der Waals surface area contributed by atoms with Crippen LogP contribution in [-0.4, -0.2) is 0 Å². The normalized spacial score (nSPS) is 13.3. The Balaban J connectivity index is 1.20. The van der Waals surface area contributed by atoms with E-state index in [1.165, 1.54) is 22.3 Å². The van der Waals surface area contributed by atoms with Gasteiger partial charge in [0.15, 0.2) is 0 Å². The number of hydrogen-bond acceptors (Lipinski definition) is 3. The van der Waals surface area contributed by atoms with Gasteiger partial charge in [0.25, 0.3) is 0 Å². The van der Waals surface area contributed by atoms with E-state index in [9.17, 15) is 0 Å². The summed E-state index contributed by atoms with van der Waals surface area (Å²) in [6, 6.07) is 58.7. The Labute approximate surface area is 301 Å². The quantitative estimate of drug-likeness (QED) is 0.187. The Morgan fingerprint density at radius 2 is 1.10 bits per heavy atom. The molecule has 11 rings (SSSR count). The molecular weight excluding hydrogens is 635 g/mol. The van der Waals surface area contributed by atoms with Crippen molar-refractivity contribution >= 4 is 71.7 Å². The lowest BCUT2D eigenvalue weighted by atomic mass is 9.82. The lowest BCUT2D eigenvalue weighted by Gasteiger charge is -2.28. The van der Waals surface area contributed by atoms with Crippen molar-refractivity contribution in [1.82, 2.24) is 0 Å². The number of hydrogen-bond donors (Lipinski definition) is 0. The smallest absolute Gasteiger partial charge is 0.143 e. The van der Waals surface area contributed by atoms with Gasteiger partial charge in [-0.05, 0) is 81.2 Å². The summed E-state index contributed by atoms with van der Waals surface area (Å²) in [6.07, 6.45) is 0. The molecule has 3 heteroatoms. The molecule has 2 heterocycles. The molecule has 8 aromatic carbocycles. The van der Waals surface area contributed by atoms with E-state index in [4.69, 9.17) is 8.83 Å². The molecule has 0 amide bonds. The van der Waals surface area contributed by atoms with Crippen molar-refractivity contribution in [2.75, 3.05) is 4.90 Å². The summed E-state index contributed by atoms with van der Waals surface area (Å²) in [5, 5.41) is 6.74. The van der Waals surface area contributed by atoms with Crippen LogP contribution in [0.4, 0.5) is 17.1 Å². The van der Waals surface area contributed by atoms with Crippen LogP contribution in [0.2, 0.25) is 0 Å². The Hall–Kier alpha value is -6.58. The van der Waals surface area contributed by atoms with Crippen molar-refractivity contribution in [1.29, 1.82) is 0 Å². The molecule has 0 fully saturated rings. The third kappa shape index (κ3) is 4.14. The summed E-state index contributed by atoms with van der Waals surface area (Å²) in [7, 11) is 0. The van der Waals surface area contributed by atoms with Crippen LogP contribution < -0.4 is 4.90 Å². The van der Waals surface area contributed by atoms with Crippen LogP contribution in [0.1, 0.15) is 25.0 Å². The van der Waals surface area contributed by atoms with E-state index < -0.39 is 0 Å². The SMILES string of the molecule is CC1(C)c2ccccc2-c2ccc(N(c3ccc4c(c3)oc3ccccc34)c3cc(-c4ccccc4)c4c(c3)oc3c5ccccc5ccc34)cc21. The van der Waals surface area contributed by atoms with E-state index in [0.717, 1.165) is 82.8 Å². The maximum absolute atomic E-state index is 6.90. The van der Waals surface area contributed by atoms with Crippen molar-refractivity contribution in [2.45, 2.75) is 19.3 Å². The highest BCUT2D eigenvalue weighted by atomic mass is 16.3. The molecule has 1 aliphatic carbocycles. The van der Waals surface area contributed by atoms with Gasteiger partial charge in [0.2, 0.25) is 0 Å². The number of anilines is 3. The Kier molecular flexibility index (Phi) is 6.01. The maximum Gasteiger partial charge on any atom is 0.143 e. The van der Waals surface area contributed by atoms with Gasteiger partial charge in [-0.3, -0.25) is 0 Å². The topological polar surface area (TPSA) is 29.5 Å². The lowest BCUT2D eigenvalue weighted by Crippen LogP contribution is -2.16. The number of para-hydroxylation sites is 1. The predicted molar refractivity (Wildman–Crippen MR) is 216 cm³/mol. The number of benzene rings is 8. The first-order chi connectivity index (χ1) is 25.5. The monoisotopic (exact) mass is 667 g/mol. The van der Waals surface area contributed by atoms with Crippen LogP contribution in [0.15, 0.2) is 173 Å². The van der Waals surface area contributed by atoms with Gasteiger partial charge in [-0.25, -0.2) is 0 Å². The Morgan fingerprint density at radius 1 is 0.423 bits per heavy atom. The van der Waals surface area contributed by atoms with Crippen molar-refractivity contribution in [2.24, 2.45) is 0 Å². The van der Waals surface area contributed by atoms with Gasteiger partial charge >= 0.3 is 0 Å². The summed E-state index contributed by atoms with van der Waals surface area (Å²) in [6.45, 7) is 4.68. The molecule has 1 aliphatic rings. The van der Waals surface area contributed by atoms with E-state index >= 15 is 0 Å². The van der Waals surface area contributed by atoms with Crippen molar-refractivity contribution < 1.29 is 8.83 Å². The molecule has 0 radical (unpaired) electrons. The highest BCUT2D eigenvalue weighted by molar-refractivity contribution is 6.20. The van der Waals surface area contributed by atoms with E-state index in [0.29, 0.717) is 0 Å². The third-order valence-corrected chi connectivity index (χ3v) is 11.2. The number of furan rings is 2. The highest BCUT2D eigenvalue weighted by Gasteiger charge is 2.36. The van der Waals surface area contributed by atoms with Gasteiger partial charge in [0, 0.05) is 55.9 Å². The van der Waals surface area contributed by atoms with Crippen LogP contribution in [0.25, 0.3) is 76.9 Å². The van der Waals surface area contributed by atoms with Gasteiger partial charge < -0.3 is 13.7 Å². The standard InChI is InChI=1S/C49H33NO2/c1-49(2)42-18-10-8-16-36(42)37-24-21-32(27-43(37)49)50(33-22-25-39-38-17-9-11-19-44(38)51-45(39)28-33)34-26-41(30-12-4-3-5-13-30)47-40-23-20-31-14-6-7-15-35(31)48(40)52-46(47)29-34/h3-29H,1-2H3. The van der Waals surface area contributed by atoms with Crippen LogP contribution in [0, 0.1) is 0 Å². The molecule has 0 saturated heterocycles. The van der Waals surface area contributed by atoms with Gasteiger partial charge in [-0.2, -0.15) is 0 Å². The van der Waals surface area contributed by atoms with E-state index in [1.807, 2.05) is 12.1 Å². The van der Waals surface area contributed by atoms with Crippen molar-refractivity contribution in [3.8, 4) is 22.3 Å². The predicted octanol–water partition coefficient (Wildman–Crippen LogP) is 14.1. The second-order valence-electron chi connectivity index (χ2n) is 14.5. The summed E-state index contributed by atoms with van der Waals surface area (Å²) >= 11 is 0. The number of rotatable bonds is 4. The number of fused-ring (bicyclic) bond motifs is 11. The molecule has 10 aromatic rings. The average molecular weight is 668 g/mol. The van der Waals surface area contributed by atoms with Crippen LogP contribution >= 0.6 is 0 Å². The molecule has 246 valence electrons. The van der Waals surface area contributed by atoms with E-state index in [2.05, 4.69) is 170 Å². The Morgan fingerprint density at radius 3 is 2.00 bits per heavy atom. The zero-order valence-electron chi connectivity index (χ0n) is 28.9. The average Bonchev–Trinajstić information content (AvgIpc) is 3.83. The molecular formula is C49H33NO2. The largest absolute Gasteiger partial charge is 0.456 e. The second-order valence-corrected chi connectivity index (χ2v) is 14.5. The zero-order valence-corrected chi connectivity index (χ0v) is 28.9. The number of nitrogens with zero attached hydrogens (tertiary/aromatic N) is 1. The lowest BCUT2D eigenvalue weighted by molar-refractivity contribution is 0.660. The Bertz CT molecular complexity index is 3050. The molecule has 52 heavy (non-hydrogen) atoms. The molecule has 0 spiro atoms. The van der Waals surface area contributed by atoms with E-state index in [1.54, 1.807) is 0 Å². The molecule has 2 aromatic heterocycles. The fourth-order valence-electron chi connectivity index (χ4n) is 8.73. The molecule has 3 nitrogen and oxygen atoms in total. The van der Waals surface area contributed by atoms with Crippen molar-refractivity contribution in [3.63, 3.8) is 0 Å². The minimum absolute atomic E-state index is 0.144. The first kappa shape index (κ1) is 29.2. The highest BCUT2D eigenvalue weighted by Crippen LogP contribution is 2.52. The third-order valence-electron chi connectivity index (χ3n) is 11.2. The van der Waals surface area contributed by atoms with Gasteiger partial charge in [-0.15, -0.1) is 0 Å². The fraction of sp³-hybridized carbons (Fsp3) is 0.0612. The van der Waals surface area contributed by atoms with Gasteiger partial charge in [0.1, 0.15) is 22.3 Å². The zero-order chi connectivity index (χ0) is 34.6. The summed E-state index contributed by atoms with van der Waals surface area (Å²) in [4.78, 5) is 2.36. The molecule has 0 atom stereocenters. The first-order valence-corrected chi connectivity index (χ1v) is 17.9. The molecule has 0 saturated carbocycles. The van der Waals surface area contributed by atoms with E-state index in [-0.39, 0.29) is 5.41 Å². The fourth-order valence-corrected chi connectivity index (χ4v) is 8.73. The molecule has 0 bridgehead atoms. The van der Waals surface area contributed by atoms with Gasteiger partial charge in [-0.1, -0.05) is 123 Å². The molecule has 0 unspecified atom stereocenters. The molecule has 0 N–H and O–H groups in total. The molecule has 0 aliphatic heterocycles. The summed E-state index contributed by atoms with van der Waals surface area (Å²) in [5.41, 5.74) is 14.0. The van der Waals surface area contributed by atoms with Crippen molar-refractivity contribution in [3.05, 3.63) is 175 Å². The summed E-state index contributed by atoms with van der Waals surface area (Å²) < 4.78 is 13.4. The maximum atomic E-state index is 6.90. The van der Waals surface area contributed by atoms with Gasteiger partial charge in [0.05, 0.1) is 5.69 Å². The minimum atomic E-state index is -0.144. The van der Waals surface area contributed by atoms with Crippen LogP contribution in [-0.2, 0) is 5.41 Å².